The fraction of sp³-hybridized carbons (Fsp3) is 0.188. The van der Waals surface area contributed by atoms with Crippen molar-refractivity contribution in [3.8, 4) is 5.75 Å². The summed E-state index contributed by atoms with van der Waals surface area (Å²) in [5.41, 5.74) is 1.37. The first-order chi connectivity index (χ1) is 9.95. The van der Waals surface area contributed by atoms with Crippen molar-refractivity contribution in [3.63, 3.8) is 0 Å². The van der Waals surface area contributed by atoms with E-state index in [1.165, 1.54) is 0 Å². The van der Waals surface area contributed by atoms with Crippen LogP contribution in [0.4, 0.5) is 5.69 Å². The van der Waals surface area contributed by atoms with Crippen LogP contribution in [-0.4, -0.2) is 12.0 Å². The fourth-order valence-corrected chi connectivity index (χ4v) is 3.21. The van der Waals surface area contributed by atoms with Crippen molar-refractivity contribution >= 4 is 50.1 Å². The van der Waals surface area contributed by atoms with E-state index in [1.807, 2.05) is 44.2 Å². The molecule has 3 nitrogen and oxygen atoms in total. The third kappa shape index (κ3) is 4.71. The molecule has 0 aliphatic carbocycles. The summed E-state index contributed by atoms with van der Waals surface area (Å²) in [5, 5.41) is 2.91. The van der Waals surface area contributed by atoms with Crippen molar-refractivity contribution < 1.29 is 9.53 Å². The first kappa shape index (κ1) is 16.3. The van der Waals surface area contributed by atoms with Crippen molar-refractivity contribution in [2.24, 2.45) is 0 Å². The Hall–Kier alpha value is -1.08. The van der Waals surface area contributed by atoms with Gasteiger partial charge < -0.3 is 10.1 Å². The van der Waals surface area contributed by atoms with Crippen LogP contribution in [0, 0.1) is 3.57 Å². The topological polar surface area (TPSA) is 38.3 Å². The lowest BCUT2D eigenvalue weighted by molar-refractivity contribution is 0.102. The van der Waals surface area contributed by atoms with Crippen molar-refractivity contribution in [1.82, 2.24) is 0 Å². The van der Waals surface area contributed by atoms with Crippen LogP contribution in [0.5, 0.6) is 5.75 Å². The van der Waals surface area contributed by atoms with Crippen LogP contribution < -0.4 is 10.1 Å². The molecular formula is C16H15BrINO2. The second-order valence-corrected chi connectivity index (χ2v) is 6.85. The Kier molecular flexibility index (Phi) is 5.64. The van der Waals surface area contributed by atoms with Crippen LogP contribution in [0.15, 0.2) is 46.9 Å². The minimum atomic E-state index is -0.149. The molecule has 0 radical (unpaired) electrons. The lowest BCUT2D eigenvalue weighted by atomic mass is 10.2. The largest absolute Gasteiger partial charge is 0.491 e. The molecule has 2 rings (SSSR count). The molecule has 0 heterocycles. The number of benzene rings is 2. The maximum Gasteiger partial charge on any atom is 0.255 e. The molecule has 0 spiro atoms. The molecule has 2 aromatic carbocycles. The minimum Gasteiger partial charge on any atom is -0.491 e. The number of halogens is 2. The van der Waals surface area contributed by atoms with Gasteiger partial charge in [0.05, 0.1) is 11.8 Å². The molecule has 0 saturated heterocycles. The van der Waals surface area contributed by atoms with Gasteiger partial charge in [0.1, 0.15) is 5.75 Å². The number of rotatable bonds is 4. The van der Waals surface area contributed by atoms with Crippen LogP contribution >= 0.6 is 38.5 Å². The van der Waals surface area contributed by atoms with E-state index in [2.05, 4.69) is 43.8 Å². The fourth-order valence-electron chi connectivity index (χ4n) is 1.77. The summed E-state index contributed by atoms with van der Waals surface area (Å²) in [6.07, 6.45) is 0.0794. The summed E-state index contributed by atoms with van der Waals surface area (Å²) in [7, 11) is 0. The molecule has 0 aliphatic heterocycles. The van der Waals surface area contributed by atoms with Gasteiger partial charge in [-0.2, -0.15) is 0 Å². The Morgan fingerprint density at radius 1 is 1.24 bits per heavy atom. The predicted molar refractivity (Wildman–Crippen MR) is 97.0 cm³/mol. The zero-order chi connectivity index (χ0) is 15.4. The van der Waals surface area contributed by atoms with Gasteiger partial charge in [-0.15, -0.1) is 0 Å². The first-order valence-electron chi connectivity index (χ1n) is 6.49. The second kappa shape index (κ2) is 7.26. The zero-order valence-corrected chi connectivity index (χ0v) is 15.4. The van der Waals surface area contributed by atoms with Crippen molar-refractivity contribution in [3.05, 3.63) is 56.1 Å². The van der Waals surface area contributed by atoms with Crippen molar-refractivity contribution in [1.29, 1.82) is 0 Å². The van der Waals surface area contributed by atoms with Gasteiger partial charge in [0.2, 0.25) is 0 Å². The minimum absolute atomic E-state index is 0.0794. The highest BCUT2D eigenvalue weighted by atomic mass is 127. The summed E-state index contributed by atoms with van der Waals surface area (Å²) in [6.45, 7) is 3.91. The van der Waals surface area contributed by atoms with E-state index in [0.717, 1.165) is 13.7 Å². The van der Waals surface area contributed by atoms with Gasteiger partial charge in [-0.1, -0.05) is 22.0 Å². The van der Waals surface area contributed by atoms with Gasteiger partial charge >= 0.3 is 0 Å². The molecule has 1 amide bonds. The standard InChI is InChI=1S/C16H15BrINO2/c1-10(2)21-13-5-3-4-11(8-13)16(20)19-15-7-6-12(17)9-14(15)18/h3-10H,1-2H3,(H,19,20). The number of nitrogens with one attached hydrogen (secondary N) is 1. The summed E-state index contributed by atoms with van der Waals surface area (Å²) < 4.78 is 7.57. The van der Waals surface area contributed by atoms with E-state index in [0.29, 0.717) is 11.3 Å². The average molecular weight is 460 g/mol. The number of hydrogen-bond acceptors (Lipinski definition) is 2. The molecule has 0 aliphatic rings. The highest BCUT2D eigenvalue weighted by Crippen LogP contribution is 2.23. The molecule has 0 saturated carbocycles. The number of hydrogen-bond donors (Lipinski definition) is 1. The Bertz CT molecular complexity index is 658. The molecular weight excluding hydrogens is 445 g/mol. The van der Waals surface area contributed by atoms with Gasteiger partial charge in [0.15, 0.2) is 0 Å². The zero-order valence-electron chi connectivity index (χ0n) is 11.7. The second-order valence-electron chi connectivity index (χ2n) is 4.77. The molecule has 0 atom stereocenters. The lowest BCUT2D eigenvalue weighted by Gasteiger charge is -2.11. The predicted octanol–water partition coefficient (Wildman–Crippen LogP) is 5.09. The molecule has 0 bridgehead atoms. The van der Waals surface area contributed by atoms with Crippen molar-refractivity contribution in [2.75, 3.05) is 5.32 Å². The van der Waals surface area contributed by atoms with E-state index in [1.54, 1.807) is 12.1 Å². The quantitative estimate of drug-likeness (QED) is 0.646. The highest BCUT2D eigenvalue weighted by Gasteiger charge is 2.10. The number of carbonyl (C=O) groups is 1. The van der Waals surface area contributed by atoms with Crippen LogP contribution in [0.25, 0.3) is 0 Å². The van der Waals surface area contributed by atoms with Crippen molar-refractivity contribution in [2.45, 2.75) is 20.0 Å². The molecule has 1 N–H and O–H groups in total. The number of ether oxygens (including phenoxy) is 1. The number of anilines is 1. The third-order valence-corrected chi connectivity index (χ3v) is 4.03. The van der Waals surface area contributed by atoms with E-state index < -0.39 is 0 Å². The molecule has 2 aromatic rings. The van der Waals surface area contributed by atoms with Gasteiger partial charge in [-0.05, 0) is 72.8 Å². The van der Waals surface area contributed by atoms with E-state index >= 15 is 0 Å². The lowest BCUT2D eigenvalue weighted by Crippen LogP contribution is -2.13. The maximum atomic E-state index is 12.3. The van der Waals surface area contributed by atoms with E-state index in [-0.39, 0.29) is 12.0 Å². The Morgan fingerprint density at radius 3 is 2.67 bits per heavy atom. The van der Waals surface area contributed by atoms with Crippen LogP contribution in [0.3, 0.4) is 0 Å². The Morgan fingerprint density at radius 2 is 2.00 bits per heavy atom. The van der Waals surface area contributed by atoms with Gasteiger partial charge in [0.25, 0.3) is 5.91 Å². The number of amides is 1. The molecule has 110 valence electrons. The van der Waals surface area contributed by atoms with E-state index in [4.69, 9.17) is 4.74 Å². The summed E-state index contributed by atoms with van der Waals surface area (Å²) in [6, 6.07) is 12.9. The van der Waals surface area contributed by atoms with Gasteiger partial charge in [-0.3, -0.25) is 4.79 Å². The smallest absolute Gasteiger partial charge is 0.255 e. The van der Waals surface area contributed by atoms with Gasteiger partial charge in [-0.25, -0.2) is 0 Å². The van der Waals surface area contributed by atoms with Crippen LogP contribution in [0.1, 0.15) is 24.2 Å². The van der Waals surface area contributed by atoms with Crippen LogP contribution in [0.2, 0.25) is 0 Å². The first-order valence-corrected chi connectivity index (χ1v) is 8.36. The Balaban J connectivity index is 2.16. The highest BCUT2D eigenvalue weighted by molar-refractivity contribution is 14.1. The molecule has 0 unspecified atom stereocenters. The summed E-state index contributed by atoms with van der Waals surface area (Å²) in [4.78, 5) is 12.3. The maximum absolute atomic E-state index is 12.3. The average Bonchev–Trinajstić information content (AvgIpc) is 2.41. The summed E-state index contributed by atoms with van der Waals surface area (Å²) in [5.74, 6) is 0.549. The normalized spacial score (nSPS) is 10.5. The Labute approximate surface area is 146 Å². The monoisotopic (exact) mass is 459 g/mol. The van der Waals surface area contributed by atoms with Gasteiger partial charge in [0, 0.05) is 13.6 Å². The number of carbonyl (C=O) groups excluding carboxylic acids is 1. The van der Waals surface area contributed by atoms with Crippen LogP contribution in [-0.2, 0) is 0 Å². The SMILES string of the molecule is CC(C)Oc1cccc(C(=O)Nc2ccc(Br)cc2I)c1. The molecule has 0 fully saturated rings. The summed E-state index contributed by atoms with van der Waals surface area (Å²) >= 11 is 5.60. The molecule has 0 aromatic heterocycles. The van der Waals surface area contributed by atoms with E-state index in [9.17, 15) is 4.79 Å². The molecule has 5 heteroatoms. The third-order valence-electron chi connectivity index (χ3n) is 2.65. The molecule has 21 heavy (non-hydrogen) atoms.